The van der Waals surface area contributed by atoms with Crippen LogP contribution in [-0.4, -0.2) is 22.8 Å². The summed E-state index contributed by atoms with van der Waals surface area (Å²) < 4.78 is 28.7. The molecule has 2 aliphatic rings. The average molecular weight is 534 g/mol. The first-order chi connectivity index (χ1) is 17.4. The van der Waals surface area contributed by atoms with E-state index in [1.54, 1.807) is 19.9 Å². The number of hydrogen-bond acceptors (Lipinski definition) is 7. The zero-order valence-electron chi connectivity index (χ0n) is 22.9. The number of phenols is 1. The predicted octanol–water partition coefficient (Wildman–Crippen LogP) is 6.88. The number of carbonyl (C=O) groups is 1. The number of aromatic hydroxyl groups is 1. The molecule has 1 N–H and O–H groups in total. The highest BCUT2D eigenvalue weighted by Gasteiger charge is 2.50. The second-order valence-corrected chi connectivity index (χ2v) is 12.2. The molecule has 1 saturated carbocycles. The summed E-state index contributed by atoms with van der Waals surface area (Å²) in [5, 5.41) is 11.2. The zero-order valence-corrected chi connectivity index (χ0v) is 23.8. The van der Waals surface area contributed by atoms with Crippen LogP contribution in [0.1, 0.15) is 103 Å². The highest BCUT2D eigenvalue weighted by molar-refractivity contribution is 7.46. The van der Waals surface area contributed by atoms with E-state index >= 15 is 0 Å². The summed E-state index contributed by atoms with van der Waals surface area (Å²) in [4.78, 5) is 25.9. The van der Waals surface area contributed by atoms with E-state index in [0.29, 0.717) is 12.0 Å². The van der Waals surface area contributed by atoms with E-state index in [1.165, 1.54) is 5.57 Å². The van der Waals surface area contributed by atoms with Crippen molar-refractivity contribution in [2.75, 3.05) is 0 Å². The highest BCUT2D eigenvalue weighted by Crippen LogP contribution is 2.52. The minimum Gasteiger partial charge on any atom is -0.756 e. The fourth-order valence-electron chi connectivity index (χ4n) is 5.23. The zero-order chi connectivity index (χ0) is 27.4. The van der Waals surface area contributed by atoms with Gasteiger partial charge < -0.3 is 19.3 Å². The van der Waals surface area contributed by atoms with Crippen LogP contribution in [0, 0.1) is 5.92 Å². The standard InChI is InChI=1S/C29H43O7P/c1-7-8-9-11-22-17-25(30)27(24-16-21(6)12-13-23(24)19(2)3)26(18-22)34-28(31)29(14-10-15-29)36-37(32,33)35-20(4)5/h16-18,20,23-24,30H,2,7-15H2,1,3-6H3,(H,32,33)/p-1/t23-,24+/m0/s1. The summed E-state index contributed by atoms with van der Waals surface area (Å²) in [6.07, 6.45) is 8.17. The van der Waals surface area contributed by atoms with Crippen molar-refractivity contribution in [3.63, 3.8) is 0 Å². The number of rotatable bonds is 12. The molecule has 0 aliphatic heterocycles. The summed E-state index contributed by atoms with van der Waals surface area (Å²) in [6.45, 7) is 13.5. The number of esters is 1. The van der Waals surface area contributed by atoms with Crippen molar-refractivity contribution in [3.05, 3.63) is 47.1 Å². The lowest BCUT2D eigenvalue weighted by Crippen LogP contribution is -2.50. The quantitative estimate of drug-likeness (QED) is 0.103. The van der Waals surface area contributed by atoms with Gasteiger partial charge in [0, 0.05) is 11.5 Å². The second kappa shape index (κ2) is 12.3. The van der Waals surface area contributed by atoms with E-state index in [1.807, 2.05) is 13.0 Å². The van der Waals surface area contributed by atoms with Crippen LogP contribution in [-0.2, 0) is 24.8 Å². The van der Waals surface area contributed by atoms with Crippen LogP contribution in [0.4, 0.5) is 0 Å². The van der Waals surface area contributed by atoms with Crippen LogP contribution in [0.5, 0.6) is 11.5 Å². The molecule has 8 heteroatoms. The first kappa shape index (κ1) is 29.6. The van der Waals surface area contributed by atoms with Crippen molar-refractivity contribution in [3.8, 4) is 11.5 Å². The molecule has 0 bridgehead atoms. The van der Waals surface area contributed by atoms with Crippen LogP contribution in [0.2, 0.25) is 0 Å². The lowest BCUT2D eigenvalue weighted by atomic mass is 9.73. The van der Waals surface area contributed by atoms with Crippen LogP contribution in [0.25, 0.3) is 0 Å². The van der Waals surface area contributed by atoms with E-state index < -0.39 is 25.5 Å². The molecule has 7 nitrogen and oxygen atoms in total. The van der Waals surface area contributed by atoms with Crippen LogP contribution in [0.3, 0.4) is 0 Å². The largest absolute Gasteiger partial charge is 0.756 e. The Morgan fingerprint density at radius 2 is 2.00 bits per heavy atom. The van der Waals surface area contributed by atoms with Gasteiger partial charge in [-0.2, -0.15) is 0 Å². The first-order valence-corrected chi connectivity index (χ1v) is 14.9. The molecule has 0 amide bonds. The van der Waals surface area contributed by atoms with Crippen molar-refractivity contribution in [1.82, 2.24) is 0 Å². The Bertz CT molecular complexity index is 1070. The Balaban J connectivity index is 2.01. The summed E-state index contributed by atoms with van der Waals surface area (Å²) in [5.41, 5.74) is 1.96. The Hall–Kier alpha value is -1.92. The van der Waals surface area contributed by atoms with E-state index in [4.69, 9.17) is 13.8 Å². The van der Waals surface area contributed by atoms with Gasteiger partial charge in [-0.25, -0.2) is 4.79 Å². The summed E-state index contributed by atoms with van der Waals surface area (Å²) >= 11 is 0. The third kappa shape index (κ3) is 7.35. The van der Waals surface area contributed by atoms with Gasteiger partial charge in [0.15, 0.2) is 5.60 Å². The maximum atomic E-state index is 13.5. The molecule has 0 aromatic heterocycles. The summed E-state index contributed by atoms with van der Waals surface area (Å²) in [7, 11) is -4.72. The minimum atomic E-state index is -4.72. The fourth-order valence-corrected chi connectivity index (χ4v) is 6.48. The smallest absolute Gasteiger partial charge is 0.344 e. The average Bonchev–Trinajstić information content (AvgIpc) is 2.75. The van der Waals surface area contributed by atoms with E-state index in [-0.39, 0.29) is 36.2 Å². The van der Waals surface area contributed by atoms with Crippen LogP contribution < -0.4 is 9.63 Å². The Kier molecular flexibility index (Phi) is 9.85. The van der Waals surface area contributed by atoms with Gasteiger partial charge in [0.1, 0.15) is 11.5 Å². The Morgan fingerprint density at radius 3 is 2.57 bits per heavy atom. The number of benzene rings is 1. The molecule has 3 atom stereocenters. The molecule has 206 valence electrons. The Morgan fingerprint density at radius 1 is 1.30 bits per heavy atom. The maximum absolute atomic E-state index is 13.5. The van der Waals surface area contributed by atoms with Crippen molar-refractivity contribution in [2.24, 2.45) is 5.92 Å². The van der Waals surface area contributed by atoms with Gasteiger partial charge in [-0.05, 0) is 96.3 Å². The molecule has 2 aliphatic carbocycles. The number of aryl methyl sites for hydroxylation is 1. The predicted molar refractivity (Wildman–Crippen MR) is 143 cm³/mol. The molecule has 1 unspecified atom stereocenters. The van der Waals surface area contributed by atoms with Crippen molar-refractivity contribution < 1.29 is 33.1 Å². The summed E-state index contributed by atoms with van der Waals surface area (Å²) in [6, 6.07) is 3.57. The molecule has 0 saturated heterocycles. The normalized spacial score (nSPS) is 22.6. The van der Waals surface area contributed by atoms with E-state index in [2.05, 4.69) is 26.5 Å². The molecule has 0 heterocycles. The molecule has 0 spiro atoms. The lowest BCUT2D eigenvalue weighted by Gasteiger charge is -2.42. The first-order valence-electron chi connectivity index (χ1n) is 13.5. The number of unbranched alkanes of at least 4 members (excludes halogenated alkanes) is 2. The van der Waals surface area contributed by atoms with Gasteiger partial charge in [-0.3, -0.25) is 9.09 Å². The lowest BCUT2D eigenvalue weighted by molar-refractivity contribution is -0.246. The molecule has 3 rings (SSSR count). The molecule has 37 heavy (non-hydrogen) atoms. The number of hydrogen-bond donors (Lipinski definition) is 1. The van der Waals surface area contributed by atoms with Gasteiger partial charge in [0.05, 0.1) is 6.10 Å². The number of carbonyl (C=O) groups excluding carboxylic acids is 1. The molecule has 1 aromatic rings. The van der Waals surface area contributed by atoms with Gasteiger partial charge in [-0.15, -0.1) is 0 Å². The van der Waals surface area contributed by atoms with Crippen LogP contribution in [0.15, 0.2) is 35.9 Å². The second-order valence-electron chi connectivity index (χ2n) is 10.9. The SMILES string of the molecule is C=C(C)[C@@H]1CCC(C)=C[C@H]1c1c(O)cc(CCCCC)cc1OC(=O)C1(OP(=O)([O-])OC(C)C)CCC1. The number of phosphoric acid groups is 1. The van der Waals surface area contributed by atoms with Gasteiger partial charge in [-0.1, -0.05) is 43.6 Å². The third-order valence-corrected chi connectivity index (χ3v) is 8.58. The monoisotopic (exact) mass is 533 g/mol. The number of ether oxygens (including phenoxy) is 1. The number of allylic oxidation sites excluding steroid dienone is 3. The van der Waals surface area contributed by atoms with Gasteiger partial charge in [0.25, 0.3) is 7.82 Å². The van der Waals surface area contributed by atoms with E-state index in [0.717, 1.165) is 49.7 Å². The molecule has 1 fully saturated rings. The maximum Gasteiger partial charge on any atom is 0.344 e. The fraction of sp³-hybridized carbons (Fsp3) is 0.621. The number of phenolic OH excluding ortho intramolecular Hbond substituents is 1. The van der Waals surface area contributed by atoms with Crippen molar-refractivity contribution >= 4 is 13.8 Å². The Labute approximate surface area is 221 Å². The van der Waals surface area contributed by atoms with Crippen molar-refractivity contribution in [1.29, 1.82) is 0 Å². The van der Waals surface area contributed by atoms with Gasteiger partial charge in [0.2, 0.25) is 0 Å². The van der Waals surface area contributed by atoms with E-state index in [9.17, 15) is 19.4 Å². The molecule has 1 aromatic carbocycles. The van der Waals surface area contributed by atoms with Crippen molar-refractivity contribution in [2.45, 2.75) is 110 Å². The van der Waals surface area contributed by atoms with Crippen LogP contribution >= 0.6 is 7.82 Å². The third-order valence-electron chi connectivity index (χ3n) is 7.32. The molecule has 0 radical (unpaired) electrons. The van der Waals surface area contributed by atoms with Gasteiger partial charge >= 0.3 is 5.97 Å². The summed E-state index contributed by atoms with van der Waals surface area (Å²) in [5.74, 6) is -0.601. The number of phosphoric ester groups is 1. The topological polar surface area (TPSA) is 105 Å². The highest BCUT2D eigenvalue weighted by atomic mass is 31.2. The molecular formula is C29H42O7P-. The molecular weight excluding hydrogens is 491 g/mol. The minimum absolute atomic E-state index is 0.0696.